The van der Waals surface area contributed by atoms with E-state index in [2.05, 4.69) is 39.2 Å². The average molecular weight is 807 g/mol. The number of hydrogen-bond acceptors (Lipinski definition) is 13. The molecule has 0 aliphatic carbocycles. The number of carboxylic acids is 4. The molecule has 5 amide bonds. The number of thiol groups is 1. The van der Waals surface area contributed by atoms with Crippen molar-refractivity contribution in [1.29, 1.82) is 0 Å². The Bertz CT molecular complexity index is 1760. The Morgan fingerprint density at radius 2 is 0.911 bits per heavy atom. The molecule has 0 saturated carbocycles. The lowest BCUT2D eigenvalue weighted by molar-refractivity contribution is -0.143. The first-order valence-corrected chi connectivity index (χ1v) is 17.2. The van der Waals surface area contributed by atoms with Gasteiger partial charge in [0.15, 0.2) is 0 Å². The molecule has 0 aromatic heterocycles. The van der Waals surface area contributed by atoms with E-state index in [4.69, 9.17) is 10.8 Å². The van der Waals surface area contributed by atoms with Crippen LogP contribution in [0.4, 0.5) is 0 Å². The summed E-state index contributed by atoms with van der Waals surface area (Å²) in [6.45, 7) is 0. The summed E-state index contributed by atoms with van der Waals surface area (Å²) in [4.78, 5) is 112. The molecule has 0 unspecified atom stereocenters. The molecule has 22 heteroatoms. The maximum atomic E-state index is 13.6. The second kappa shape index (κ2) is 22.1. The first kappa shape index (κ1) is 45.7. The van der Waals surface area contributed by atoms with Crippen molar-refractivity contribution in [1.82, 2.24) is 26.6 Å². The lowest BCUT2D eigenvalue weighted by Gasteiger charge is -2.26. The van der Waals surface area contributed by atoms with Gasteiger partial charge in [-0.15, -0.1) is 0 Å². The van der Waals surface area contributed by atoms with Crippen molar-refractivity contribution in [2.45, 2.75) is 74.8 Å². The van der Waals surface area contributed by atoms with E-state index < -0.39 is 121 Å². The normalized spacial score (nSPS) is 14.0. The monoisotopic (exact) mass is 806 g/mol. The minimum atomic E-state index is -1.97. The van der Waals surface area contributed by atoms with Crippen LogP contribution in [0.1, 0.15) is 36.8 Å². The van der Waals surface area contributed by atoms with Gasteiger partial charge in [0.25, 0.3) is 0 Å². The molecule has 2 aromatic rings. The van der Waals surface area contributed by atoms with Crippen LogP contribution in [-0.2, 0) is 56.0 Å². The van der Waals surface area contributed by atoms with Crippen molar-refractivity contribution in [3.63, 3.8) is 0 Å². The van der Waals surface area contributed by atoms with Gasteiger partial charge in [-0.2, -0.15) is 12.6 Å². The van der Waals surface area contributed by atoms with Gasteiger partial charge in [0.1, 0.15) is 41.7 Å². The number of amides is 5. The largest absolute Gasteiger partial charge is 0.508 e. The molecule has 0 aliphatic rings. The number of phenols is 2. The molecule has 13 N–H and O–H groups in total. The second-order valence-electron chi connectivity index (χ2n) is 12.3. The van der Waals surface area contributed by atoms with E-state index in [9.17, 15) is 68.7 Å². The standard InChI is InChI=1S/C34H42N6O15S/c35-20(13-27(45)46)29(49)40-25(15-56)33(53)36-21(9-10-26(43)44)30(50)38-23(14-28(47)48)32(52)37-22(11-16-1-5-18(41)6-2-16)31(51)39-24(34(54)55)12-17-3-7-19(42)8-4-17/h1-8,20-25,41-42,56H,9-15,35H2,(H,36,53)(H,37,52)(H,38,50)(H,39,51)(H,40,49)(H,43,44)(H,45,46)(H,47,48)(H,54,55)/t20-,21-,22-,23-,24-,25-/m0/s1. The van der Waals surface area contributed by atoms with E-state index in [0.29, 0.717) is 11.1 Å². The zero-order valence-electron chi connectivity index (χ0n) is 29.4. The fourth-order valence-electron chi connectivity index (χ4n) is 4.91. The predicted octanol–water partition coefficient (Wildman–Crippen LogP) is -2.54. The number of carboxylic acid groups (broad SMARTS) is 4. The lowest BCUT2D eigenvalue weighted by atomic mass is 10.0. The highest BCUT2D eigenvalue weighted by Crippen LogP contribution is 2.14. The Morgan fingerprint density at radius 1 is 0.518 bits per heavy atom. The SMILES string of the molecule is N[C@@H](CC(=O)O)C(=O)N[C@@H](CS)C(=O)N[C@@H](CCC(=O)O)C(=O)N[C@@H](CC(=O)O)C(=O)N[C@@H](Cc1ccc(O)cc1)C(=O)N[C@@H](Cc1ccc(O)cc1)C(=O)O. The van der Waals surface area contributed by atoms with Crippen molar-refractivity contribution in [2.24, 2.45) is 5.73 Å². The van der Waals surface area contributed by atoms with Crippen LogP contribution >= 0.6 is 12.6 Å². The van der Waals surface area contributed by atoms with Crippen LogP contribution in [0.5, 0.6) is 11.5 Å². The summed E-state index contributed by atoms with van der Waals surface area (Å²) in [6, 6.07) is 0.762. The van der Waals surface area contributed by atoms with Gasteiger partial charge >= 0.3 is 23.9 Å². The number of phenolic OH excluding ortho intramolecular Hbond substituents is 2. The van der Waals surface area contributed by atoms with Gasteiger partial charge in [-0.3, -0.25) is 38.4 Å². The molecule has 2 aromatic carbocycles. The fourth-order valence-corrected chi connectivity index (χ4v) is 5.17. The van der Waals surface area contributed by atoms with E-state index >= 15 is 0 Å². The van der Waals surface area contributed by atoms with Crippen molar-refractivity contribution >= 4 is 66.0 Å². The Morgan fingerprint density at radius 3 is 1.38 bits per heavy atom. The number of nitrogens with one attached hydrogen (secondary N) is 5. The van der Waals surface area contributed by atoms with Crippen LogP contribution < -0.4 is 32.3 Å². The lowest BCUT2D eigenvalue weighted by Crippen LogP contribution is -2.60. The first-order valence-electron chi connectivity index (χ1n) is 16.6. The maximum absolute atomic E-state index is 13.6. The van der Waals surface area contributed by atoms with Gasteiger partial charge in [-0.1, -0.05) is 24.3 Å². The zero-order valence-corrected chi connectivity index (χ0v) is 30.3. The fraction of sp³-hybridized carbons (Fsp3) is 0.382. The summed E-state index contributed by atoms with van der Waals surface area (Å²) in [6.07, 6.45) is -3.81. The zero-order chi connectivity index (χ0) is 42.1. The Kier molecular flexibility index (Phi) is 18.0. The Hall–Kier alpha value is -6.42. The summed E-state index contributed by atoms with van der Waals surface area (Å²) < 4.78 is 0. The number of hydrogen-bond donors (Lipinski definition) is 13. The average Bonchev–Trinajstić information content (AvgIpc) is 3.12. The molecule has 0 fully saturated rings. The molecule has 21 nitrogen and oxygen atoms in total. The molecule has 0 radical (unpaired) electrons. The topological polar surface area (TPSA) is 361 Å². The van der Waals surface area contributed by atoms with Crippen LogP contribution in [0.2, 0.25) is 0 Å². The van der Waals surface area contributed by atoms with Crippen LogP contribution in [0, 0.1) is 0 Å². The summed E-state index contributed by atoms with van der Waals surface area (Å²) in [5.41, 5.74) is 6.27. The summed E-state index contributed by atoms with van der Waals surface area (Å²) in [5, 5.41) is 67.8. The van der Waals surface area contributed by atoms with Crippen molar-refractivity contribution < 1.29 is 73.8 Å². The molecule has 0 aliphatic heterocycles. The second-order valence-corrected chi connectivity index (χ2v) is 12.7. The summed E-state index contributed by atoms with van der Waals surface area (Å²) in [5.74, 6) is -12.3. The maximum Gasteiger partial charge on any atom is 0.326 e. The first-order chi connectivity index (χ1) is 26.3. The molecular weight excluding hydrogens is 764 g/mol. The van der Waals surface area contributed by atoms with Crippen molar-refractivity contribution in [3.8, 4) is 11.5 Å². The molecule has 0 saturated heterocycles. The quantitative estimate of drug-likeness (QED) is 0.0515. The number of benzene rings is 2. The number of aliphatic carboxylic acids is 4. The van der Waals surface area contributed by atoms with E-state index in [1.165, 1.54) is 48.5 Å². The smallest absolute Gasteiger partial charge is 0.326 e. The van der Waals surface area contributed by atoms with E-state index in [1.807, 2.05) is 0 Å². The minimum absolute atomic E-state index is 0.0922. The van der Waals surface area contributed by atoms with Gasteiger partial charge in [0.05, 0.1) is 18.9 Å². The third-order valence-corrected chi connectivity index (χ3v) is 8.20. The highest BCUT2D eigenvalue weighted by molar-refractivity contribution is 7.80. The third-order valence-electron chi connectivity index (χ3n) is 7.84. The Balaban J connectivity index is 2.35. The summed E-state index contributed by atoms with van der Waals surface area (Å²) in [7, 11) is 0. The molecule has 0 spiro atoms. The molecule has 2 rings (SSSR count). The van der Waals surface area contributed by atoms with Crippen LogP contribution in [0.15, 0.2) is 48.5 Å². The molecule has 0 heterocycles. The number of carbonyl (C=O) groups excluding carboxylic acids is 5. The van der Waals surface area contributed by atoms with Gasteiger partial charge in [-0.05, 0) is 41.8 Å². The number of nitrogens with two attached hydrogens (primary N) is 1. The number of aromatic hydroxyl groups is 2. The predicted molar refractivity (Wildman–Crippen MR) is 194 cm³/mol. The van der Waals surface area contributed by atoms with Gasteiger partial charge in [-0.25, -0.2) is 4.79 Å². The molecule has 0 bridgehead atoms. The molecule has 6 atom stereocenters. The van der Waals surface area contributed by atoms with Gasteiger partial charge < -0.3 is 63.0 Å². The van der Waals surface area contributed by atoms with Gasteiger partial charge in [0.2, 0.25) is 29.5 Å². The van der Waals surface area contributed by atoms with Crippen LogP contribution in [0.25, 0.3) is 0 Å². The highest BCUT2D eigenvalue weighted by Gasteiger charge is 2.34. The van der Waals surface area contributed by atoms with Gasteiger partial charge in [0, 0.05) is 25.0 Å². The van der Waals surface area contributed by atoms with E-state index in [0.717, 1.165) is 0 Å². The minimum Gasteiger partial charge on any atom is -0.508 e. The van der Waals surface area contributed by atoms with Crippen LogP contribution in [-0.4, -0.2) is 126 Å². The van der Waals surface area contributed by atoms with E-state index in [1.54, 1.807) is 0 Å². The van der Waals surface area contributed by atoms with Crippen LogP contribution in [0.3, 0.4) is 0 Å². The molecular formula is C34H42N6O15S. The van der Waals surface area contributed by atoms with Crippen molar-refractivity contribution in [2.75, 3.05) is 5.75 Å². The Labute approximate surface area is 323 Å². The molecule has 304 valence electrons. The highest BCUT2D eigenvalue weighted by atomic mass is 32.1. The number of rotatable bonds is 23. The van der Waals surface area contributed by atoms with E-state index in [-0.39, 0.29) is 24.3 Å². The molecule has 56 heavy (non-hydrogen) atoms. The third kappa shape index (κ3) is 15.9. The number of carbonyl (C=O) groups is 9. The van der Waals surface area contributed by atoms with Crippen molar-refractivity contribution in [3.05, 3.63) is 59.7 Å². The summed E-state index contributed by atoms with van der Waals surface area (Å²) >= 11 is 3.96.